The van der Waals surface area contributed by atoms with E-state index < -0.39 is 0 Å². The first-order valence-electron chi connectivity index (χ1n) is 6.60. The van der Waals surface area contributed by atoms with E-state index in [0.29, 0.717) is 17.1 Å². The van der Waals surface area contributed by atoms with E-state index in [2.05, 4.69) is 42.0 Å². The summed E-state index contributed by atoms with van der Waals surface area (Å²) in [4.78, 5) is 27.4. The fourth-order valence-corrected chi connectivity index (χ4v) is 2.06. The Morgan fingerprint density at radius 3 is 2.43 bits per heavy atom. The zero-order chi connectivity index (χ0) is 15.2. The largest absolute Gasteiger partial charge is 0.340 e. The van der Waals surface area contributed by atoms with Crippen LogP contribution in [0.1, 0.15) is 13.8 Å². The summed E-state index contributed by atoms with van der Waals surface area (Å²) in [7, 11) is 0. The van der Waals surface area contributed by atoms with Crippen molar-refractivity contribution in [2.75, 3.05) is 31.1 Å². The number of halogens is 1. The molecule has 0 unspecified atom stereocenters. The third-order valence-electron chi connectivity index (χ3n) is 2.99. The van der Waals surface area contributed by atoms with Crippen LogP contribution in [-0.2, 0) is 0 Å². The minimum absolute atomic E-state index is 0.0564. The summed E-state index contributed by atoms with van der Waals surface area (Å²) in [6.07, 6.45) is 0. The SMILES string of the molecule is CC#CC.O=c1[nH]c(Cl)nc2nc(N3CCNCC3)[nH]c12. The van der Waals surface area contributed by atoms with Crippen LogP contribution in [0, 0.1) is 11.8 Å². The molecule has 2 aromatic heterocycles. The highest BCUT2D eigenvalue weighted by Crippen LogP contribution is 2.14. The molecule has 21 heavy (non-hydrogen) atoms. The smallest absolute Gasteiger partial charge is 0.277 e. The molecule has 2 aromatic rings. The van der Waals surface area contributed by atoms with Gasteiger partial charge in [-0.2, -0.15) is 9.97 Å². The first kappa shape index (κ1) is 15.4. The molecule has 1 aliphatic rings. The van der Waals surface area contributed by atoms with Gasteiger partial charge in [-0.05, 0) is 25.4 Å². The number of piperazine rings is 1. The molecule has 0 radical (unpaired) electrons. The van der Waals surface area contributed by atoms with Crippen LogP contribution >= 0.6 is 11.6 Å². The molecular weight excluding hydrogens is 292 g/mol. The fourth-order valence-electron chi connectivity index (χ4n) is 1.89. The number of aromatic amines is 2. The molecule has 0 aromatic carbocycles. The van der Waals surface area contributed by atoms with Crippen LogP contribution < -0.4 is 15.8 Å². The lowest BCUT2D eigenvalue weighted by Crippen LogP contribution is -2.44. The standard InChI is InChI=1S/C9H11ClN6O.C4H6/c10-8-13-6-5(7(17)15-8)12-9(14-6)16-3-1-11-2-4-16;1-3-4-2/h11H,1-4H2,(H2,12,13,14,15,17);1-2H3. The fraction of sp³-hybridized carbons (Fsp3) is 0.462. The van der Waals surface area contributed by atoms with E-state index in [0.717, 1.165) is 26.2 Å². The molecule has 3 heterocycles. The quantitative estimate of drug-likeness (QED) is 0.534. The number of hydrogen-bond acceptors (Lipinski definition) is 5. The second-order valence-electron chi connectivity index (χ2n) is 4.35. The number of anilines is 1. The van der Waals surface area contributed by atoms with E-state index in [-0.39, 0.29) is 10.8 Å². The Morgan fingerprint density at radius 1 is 1.14 bits per heavy atom. The summed E-state index contributed by atoms with van der Waals surface area (Å²) in [5.74, 6) is 6.03. The predicted molar refractivity (Wildman–Crippen MR) is 83.7 cm³/mol. The second-order valence-corrected chi connectivity index (χ2v) is 4.71. The zero-order valence-electron chi connectivity index (χ0n) is 12.0. The maximum absolute atomic E-state index is 11.6. The molecular formula is C13H17ClN6O. The van der Waals surface area contributed by atoms with Crippen molar-refractivity contribution in [1.29, 1.82) is 0 Å². The van der Waals surface area contributed by atoms with Crippen molar-refractivity contribution in [2.24, 2.45) is 0 Å². The molecule has 0 spiro atoms. The lowest BCUT2D eigenvalue weighted by atomic mass is 10.4. The number of hydrogen-bond donors (Lipinski definition) is 3. The Kier molecular flexibility index (Phi) is 5.20. The normalized spacial score (nSPS) is 14.1. The lowest BCUT2D eigenvalue weighted by Gasteiger charge is -2.26. The van der Waals surface area contributed by atoms with Gasteiger partial charge in [0.1, 0.15) is 0 Å². The van der Waals surface area contributed by atoms with E-state index in [4.69, 9.17) is 11.6 Å². The Balaban J connectivity index is 0.000000361. The van der Waals surface area contributed by atoms with Gasteiger partial charge in [0.15, 0.2) is 11.2 Å². The first-order valence-corrected chi connectivity index (χ1v) is 6.98. The average Bonchev–Trinajstić information content (AvgIpc) is 2.93. The van der Waals surface area contributed by atoms with Crippen LogP contribution in [0.3, 0.4) is 0 Å². The van der Waals surface area contributed by atoms with Gasteiger partial charge in [0.2, 0.25) is 11.2 Å². The van der Waals surface area contributed by atoms with Gasteiger partial charge in [0.25, 0.3) is 5.56 Å². The molecule has 1 saturated heterocycles. The average molecular weight is 309 g/mol. The number of imidazole rings is 1. The number of H-pyrrole nitrogens is 2. The molecule has 1 fully saturated rings. The van der Waals surface area contributed by atoms with Crippen LogP contribution in [0.5, 0.6) is 0 Å². The van der Waals surface area contributed by atoms with Crippen molar-refractivity contribution in [3.8, 4) is 11.8 Å². The van der Waals surface area contributed by atoms with Crippen molar-refractivity contribution in [2.45, 2.75) is 13.8 Å². The van der Waals surface area contributed by atoms with Gasteiger partial charge in [0, 0.05) is 26.2 Å². The van der Waals surface area contributed by atoms with Crippen LogP contribution in [0.4, 0.5) is 5.95 Å². The first-order chi connectivity index (χ1) is 10.2. The van der Waals surface area contributed by atoms with Crippen molar-refractivity contribution in [3.05, 3.63) is 15.6 Å². The maximum atomic E-state index is 11.6. The Bertz CT molecular complexity index is 714. The van der Waals surface area contributed by atoms with Crippen molar-refractivity contribution in [1.82, 2.24) is 25.3 Å². The molecule has 0 bridgehead atoms. The predicted octanol–water partition coefficient (Wildman–Crippen LogP) is 0.739. The van der Waals surface area contributed by atoms with Gasteiger partial charge in [-0.15, -0.1) is 11.8 Å². The Hall–Kier alpha value is -2.04. The van der Waals surface area contributed by atoms with Crippen molar-refractivity contribution in [3.63, 3.8) is 0 Å². The molecule has 0 saturated carbocycles. The number of aromatic nitrogens is 4. The summed E-state index contributed by atoms with van der Waals surface area (Å²) in [5, 5.41) is 3.31. The van der Waals surface area contributed by atoms with Crippen LogP contribution in [0.2, 0.25) is 5.28 Å². The monoisotopic (exact) mass is 308 g/mol. The highest BCUT2D eigenvalue weighted by molar-refractivity contribution is 6.28. The number of fused-ring (bicyclic) bond motifs is 1. The van der Waals surface area contributed by atoms with Gasteiger partial charge in [-0.1, -0.05) is 0 Å². The number of nitrogens with zero attached hydrogens (tertiary/aromatic N) is 3. The summed E-state index contributed by atoms with van der Waals surface area (Å²) in [5.41, 5.74) is 0.420. The third-order valence-corrected chi connectivity index (χ3v) is 3.17. The molecule has 3 N–H and O–H groups in total. The number of rotatable bonds is 1. The maximum Gasteiger partial charge on any atom is 0.277 e. The van der Waals surface area contributed by atoms with Crippen LogP contribution in [0.15, 0.2) is 4.79 Å². The van der Waals surface area contributed by atoms with Gasteiger partial charge in [-0.25, -0.2) is 0 Å². The van der Waals surface area contributed by atoms with Gasteiger partial charge in [0.05, 0.1) is 0 Å². The van der Waals surface area contributed by atoms with Gasteiger partial charge < -0.3 is 15.2 Å². The van der Waals surface area contributed by atoms with E-state index in [1.165, 1.54) is 0 Å². The highest BCUT2D eigenvalue weighted by Gasteiger charge is 2.16. The van der Waals surface area contributed by atoms with Crippen LogP contribution in [0.25, 0.3) is 11.2 Å². The van der Waals surface area contributed by atoms with Crippen molar-refractivity contribution < 1.29 is 0 Å². The topological polar surface area (TPSA) is 89.7 Å². The molecule has 0 atom stereocenters. The van der Waals surface area contributed by atoms with E-state index in [9.17, 15) is 4.79 Å². The molecule has 1 aliphatic heterocycles. The van der Waals surface area contributed by atoms with Crippen LogP contribution in [-0.4, -0.2) is 46.1 Å². The lowest BCUT2D eigenvalue weighted by molar-refractivity contribution is 0.582. The van der Waals surface area contributed by atoms with Gasteiger partial charge in [-0.3, -0.25) is 9.78 Å². The molecule has 8 heteroatoms. The van der Waals surface area contributed by atoms with Crippen molar-refractivity contribution >= 4 is 28.7 Å². The minimum atomic E-state index is -0.297. The van der Waals surface area contributed by atoms with Gasteiger partial charge >= 0.3 is 0 Å². The summed E-state index contributed by atoms with van der Waals surface area (Å²) in [6, 6.07) is 0. The number of nitrogens with one attached hydrogen (secondary N) is 3. The second kappa shape index (κ2) is 7.11. The zero-order valence-corrected chi connectivity index (χ0v) is 12.7. The molecule has 0 amide bonds. The Labute approximate surface area is 127 Å². The van der Waals surface area contributed by atoms with E-state index in [1.807, 2.05) is 13.8 Å². The minimum Gasteiger partial charge on any atom is -0.340 e. The summed E-state index contributed by atoms with van der Waals surface area (Å²) < 4.78 is 0. The van der Waals surface area contributed by atoms with E-state index in [1.54, 1.807) is 0 Å². The molecule has 3 rings (SSSR count). The molecule has 7 nitrogen and oxygen atoms in total. The highest BCUT2D eigenvalue weighted by atomic mass is 35.5. The Morgan fingerprint density at radius 2 is 1.81 bits per heavy atom. The third kappa shape index (κ3) is 3.74. The summed E-state index contributed by atoms with van der Waals surface area (Å²) >= 11 is 5.67. The molecule has 112 valence electrons. The van der Waals surface area contributed by atoms with E-state index >= 15 is 0 Å². The molecule has 0 aliphatic carbocycles. The summed E-state index contributed by atoms with van der Waals surface area (Å²) in [6.45, 7) is 7.15.